The van der Waals surface area contributed by atoms with E-state index in [-0.39, 0.29) is 23.9 Å². The molecule has 1 aliphatic rings. The maximum atomic E-state index is 12.7. The molecule has 3 rings (SSSR count). The smallest absolute Gasteiger partial charge is 0.257 e. The summed E-state index contributed by atoms with van der Waals surface area (Å²) in [6.07, 6.45) is 3.05. The van der Waals surface area contributed by atoms with Crippen molar-refractivity contribution in [1.82, 2.24) is 9.80 Å². The van der Waals surface area contributed by atoms with Crippen LogP contribution in [0.4, 0.5) is 0 Å². The fraction of sp³-hybridized carbons (Fsp3) is 0.444. The van der Waals surface area contributed by atoms with Gasteiger partial charge in [-0.15, -0.1) is 0 Å². The SMILES string of the molecule is Cc1occc1C(=O)N1C[C@H](C)N(C(=O)c2ccoc2C)C[C@@H]1C. The predicted octanol–water partition coefficient (Wildman–Crippen LogP) is 2.86. The molecule has 2 atom stereocenters. The van der Waals surface area contributed by atoms with Crippen molar-refractivity contribution in [2.24, 2.45) is 0 Å². The molecule has 1 fully saturated rings. The molecule has 2 aromatic rings. The fourth-order valence-electron chi connectivity index (χ4n) is 3.22. The molecule has 0 bridgehead atoms. The molecule has 2 aromatic heterocycles. The monoisotopic (exact) mass is 330 g/mol. The summed E-state index contributed by atoms with van der Waals surface area (Å²) in [5, 5.41) is 0. The second-order valence-electron chi connectivity index (χ2n) is 6.39. The van der Waals surface area contributed by atoms with Gasteiger partial charge in [0.2, 0.25) is 0 Å². The molecule has 6 heteroatoms. The zero-order valence-corrected chi connectivity index (χ0v) is 14.4. The summed E-state index contributed by atoms with van der Waals surface area (Å²) in [5.41, 5.74) is 1.17. The van der Waals surface area contributed by atoms with E-state index in [4.69, 9.17) is 8.83 Å². The molecule has 128 valence electrons. The minimum absolute atomic E-state index is 0.0489. The van der Waals surface area contributed by atoms with Gasteiger partial charge in [0.05, 0.1) is 23.7 Å². The molecule has 24 heavy (non-hydrogen) atoms. The summed E-state index contributed by atoms with van der Waals surface area (Å²) in [7, 11) is 0. The lowest BCUT2D eigenvalue weighted by Crippen LogP contribution is -2.59. The van der Waals surface area contributed by atoms with E-state index in [1.165, 1.54) is 12.5 Å². The Balaban J connectivity index is 1.77. The van der Waals surface area contributed by atoms with Gasteiger partial charge in [-0.05, 0) is 39.8 Å². The maximum Gasteiger partial charge on any atom is 0.257 e. The number of nitrogens with zero attached hydrogens (tertiary/aromatic N) is 2. The Morgan fingerprint density at radius 2 is 1.25 bits per heavy atom. The quantitative estimate of drug-likeness (QED) is 0.849. The summed E-state index contributed by atoms with van der Waals surface area (Å²) in [6, 6.07) is 3.25. The second-order valence-corrected chi connectivity index (χ2v) is 6.39. The standard InChI is InChI=1S/C18H22N2O4/c1-11-9-20(18(22)16-6-8-24-14(16)4)12(2)10-19(11)17(21)15-5-7-23-13(15)3/h5-8,11-12H,9-10H2,1-4H3/t11-,12-/m0/s1. The van der Waals surface area contributed by atoms with Gasteiger partial charge < -0.3 is 18.6 Å². The Morgan fingerprint density at radius 1 is 0.875 bits per heavy atom. The summed E-state index contributed by atoms with van der Waals surface area (Å²) < 4.78 is 10.5. The third kappa shape index (κ3) is 2.72. The number of hydrogen-bond donors (Lipinski definition) is 0. The van der Waals surface area contributed by atoms with E-state index in [2.05, 4.69) is 0 Å². The van der Waals surface area contributed by atoms with Crippen LogP contribution >= 0.6 is 0 Å². The number of piperazine rings is 1. The summed E-state index contributed by atoms with van der Waals surface area (Å²) >= 11 is 0. The number of amides is 2. The van der Waals surface area contributed by atoms with Crippen molar-refractivity contribution in [3.8, 4) is 0 Å². The Labute approximate surface area is 141 Å². The predicted molar refractivity (Wildman–Crippen MR) is 87.9 cm³/mol. The number of carbonyl (C=O) groups excluding carboxylic acids is 2. The molecule has 1 saturated heterocycles. The molecule has 0 aliphatic carbocycles. The van der Waals surface area contributed by atoms with Gasteiger partial charge in [0.1, 0.15) is 11.5 Å². The molecular weight excluding hydrogens is 308 g/mol. The number of hydrogen-bond acceptors (Lipinski definition) is 4. The first-order valence-electron chi connectivity index (χ1n) is 8.10. The largest absolute Gasteiger partial charge is 0.469 e. The summed E-state index contributed by atoms with van der Waals surface area (Å²) in [4.78, 5) is 29.1. The highest BCUT2D eigenvalue weighted by Crippen LogP contribution is 2.23. The number of carbonyl (C=O) groups is 2. The minimum atomic E-state index is -0.0702. The minimum Gasteiger partial charge on any atom is -0.469 e. The van der Waals surface area contributed by atoms with E-state index in [0.29, 0.717) is 35.7 Å². The first-order valence-corrected chi connectivity index (χ1v) is 8.10. The van der Waals surface area contributed by atoms with Crippen molar-refractivity contribution >= 4 is 11.8 Å². The topological polar surface area (TPSA) is 66.9 Å². The molecular formula is C18H22N2O4. The number of furan rings is 2. The third-order valence-corrected chi connectivity index (χ3v) is 4.69. The lowest BCUT2D eigenvalue weighted by Gasteiger charge is -2.44. The number of rotatable bonds is 2. The van der Waals surface area contributed by atoms with Crippen LogP contribution in [0.1, 0.15) is 46.1 Å². The molecule has 0 spiro atoms. The van der Waals surface area contributed by atoms with Crippen molar-refractivity contribution in [3.05, 3.63) is 47.3 Å². The average Bonchev–Trinajstić information content (AvgIpc) is 3.16. The highest BCUT2D eigenvalue weighted by atomic mass is 16.3. The molecule has 2 amide bonds. The normalized spacial score (nSPS) is 21.2. The fourth-order valence-corrected chi connectivity index (χ4v) is 3.22. The first kappa shape index (κ1) is 16.4. The third-order valence-electron chi connectivity index (χ3n) is 4.69. The Bertz CT molecular complexity index is 696. The van der Waals surface area contributed by atoms with E-state index in [9.17, 15) is 9.59 Å². The van der Waals surface area contributed by atoms with Gasteiger partial charge in [-0.25, -0.2) is 0 Å². The molecule has 1 aliphatic heterocycles. The van der Waals surface area contributed by atoms with Crippen molar-refractivity contribution in [2.45, 2.75) is 39.8 Å². The summed E-state index contributed by atoms with van der Waals surface area (Å²) in [5.74, 6) is 1.14. The van der Waals surface area contributed by atoms with Crippen LogP contribution in [0.3, 0.4) is 0 Å². The molecule has 0 radical (unpaired) electrons. The van der Waals surface area contributed by atoms with Crippen LogP contribution in [0, 0.1) is 13.8 Å². The van der Waals surface area contributed by atoms with Gasteiger partial charge >= 0.3 is 0 Å². The van der Waals surface area contributed by atoms with E-state index in [1.54, 1.807) is 26.0 Å². The molecule has 3 heterocycles. The van der Waals surface area contributed by atoms with Gasteiger partial charge in [0.25, 0.3) is 11.8 Å². The van der Waals surface area contributed by atoms with Gasteiger partial charge in [0, 0.05) is 25.2 Å². The molecule has 6 nitrogen and oxygen atoms in total. The molecule has 0 aromatic carbocycles. The zero-order valence-electron chi connectivity index (χ0n) is 14.4. The van der Waals surface area contributed by atoms with E-state index in [1.807, 2.05) is 23.6 Å². The van der Waals surface area contributed by atoms with Crippen molar-refractivity contribution < 1.29 is 18.4 Å². The van der Waals surface area contributed by atoms with Gasteiger partial charge in [-0.1, -0.05) is 0 Å². The Morgan fingerprint density at radius 3 is 1.54 bits per heavy atom. The molecule has 0 N–H and O–H groups in total. The van der Waals surface area contributed by atoms with Crippen LogP contribution in [0.25, 0.3) is 0 Å². The van der Waals surface area contributed by atoms with Crippen LogP contribution in [0.2, 0.25) is 0 Å². The second kappa shape index (κ2) is 6.19. The van der Waals surface area contributed by atoms with Crippen molar-refractivity contribution in [3.63, 3.8) is 0 Å². The van der Waals surface area contributed by atoms with E-state index >= 15 is 0 Å². The lowest BCUT2D eigenvalue weighted by molar-refractivity contribution is 0.0268. The van der Waals surface area contributed by atoms with Crippen molar-refractivity contribution in [2.75, 3.05) is 13.1 Å². The van der Waals surface area contributed by atoms with Gasteiger partial charge in [-0.2, -0.15) is 0 Å². The van der Waals surface area contributed by atoms with Crippen LogP contribution in [-0.4, -0.2) is 46.8 Å². The van der Waals surface area contributed by atoms with E-state index in [0.717, 1.165) is 0 Å². The maximum absolute atomic E-state index is 12.7. The Kier molecular flexibility index (Phi) is 4.22. The highest BCUT2D eigenvalue weighted by molar-refractivity contribution is 5.97. The van der Waals surface area contributed by atoms with Gasteiger partial charge in [0.15, 0.2) is 0 Å². The van der Waals surface area contributed by atoms with Crippen LogP contribution in [0.5, 0.6) is 0 Å². The van der Waals surface area contributed by atoms with E-state index < -0.39 is 0 Å². The Hall–Kier alpha value is -2.50. The van der Waals surface area contributed by atoms with Crippen LogP contribution in [0.15, 0.2) is 33.5 Å². The first-order chi connectivity index (χ1) is 11.4. The van der Waals surface area contributed by atoms with Gasteiger partial charge in [-0.3, -0.25) is 9.59 Å². The summed E-state index contributed by atoms with van der Waals surface area (Å²) in [6.45, 7) is 8.47. The van der Waals surface area contributed by atoms with Crippen LogP contribution < -0.4 is 0 Å². The lowest BCUT2D eigenvalue weighted by atomic mass is 10.0. The average molecular weight is 330 g/mol. The highest BCUT2D eigenvalue weighted by Gasteiger charge is 2.36. The van der Waals surface area contributed by atoms with Crippen LogP contribution in [-0.2, 0) is 0 Å². The molecule has 0 saturated carbocycles. The zero-order chi connectivity index (χ0) is 17.4. The van der Waals surface area contributed by atoms with Crippen molar-refractivity contribution in [1.29, 1.82) is 0 Å². The number of aryl methyl sites for hydroxylation is 2. The molecule has 0 unspecified atom stereocenters.